The van der Waals surface area contributed by atoms with Gasteiger partial charge in [-0.1, -0.05) is 60.7 Å². The highest BCUT2D eigenvalue weighted by Gasteiger charge is 2.22. The van der Waals surface area contributed by atoms with Crippen molar-refractivity contribution in [2.75, 3.05) is 13.1 Å². The Bertz CT molecular complexity index is 437. The molecule has 0 aliphatic carbocycles. The third-order valence-corrected chi connectivity index (χ3v) is 3.45. The van der Waals surface area contributed by atoms with E-state index in [-0.39, 0.29) is 0 Å². The number of hydrogen-bond donors (Lipinski definition) is 2. The van der Waals surface area contributed by atoms with E-state index in [1.54, 1.807) is 0 Å². The van der Waals surface area contributed by atoms with Gasteiger partial charge in [-0.05, 0) is 11.1 Å². The molecule has 0 saturated carbocycles. The SMILES string of the molecule is c1ccc(C(NC2CNC2)c2ccccc2)cc1. The van der Waals surface area contributed by atoms with Crippen LogP contribution in [0, 0.1) is 0 Å². The molecule has 1 aliphatic rings. The normalized spacial score (nSPS) is 15.6. The van der Waals surface area contributed by atoms with Gasteiger partial charge in [-0.15, -0.1) is 0 Å². The number of benzene rings is 2. The van der Waals surface area contributed by atoms with Crippen molar-refractivity contribution in [1.29, 1.82) is 0 Å². The zero-order valence-corrected chi connectivity index (χ0v) is 10.3. The molecule has 1 fully saturated rings. The van der Waals surface area contributed by atoms with Crippen LogP contribution in [0.5, 0.6) is 0 Å². The molecule has 0 bridgehead atoms. The Morgan fingerprint density at radius 2 is 1.33 bits per heavy atom. The van der Waals surface area contributed by atoms with Crippen LogP contribution in [-0.2, 0) is 0 Å². The summed E-state index contributed by atoms with van der Waals surface area (Å²) < 4.78 is 0. The fraction of sp³-hybridized carbons (Fsp3) is 0.250. The van der Waals surface area contributed by atoms with Crippen LogP contribution in [0.1, 0.15) is 17.2 Å². The quantitative estimate of drug-likeness (QED) is 0.854. The van der Waals surface area contributed by atoms with Crippen molar-refractivity contribution in [1.82, 2.24) is 10.6 Å². The summed E-state index contributed by atoms with van der Waals surface area (Å²) in [5.74, 6) is 0. The second kappa shape index (κ2) is 5.34. The van der Waals surface area contributed by atoms with Gasteiger partial charge in [0.1, 0.15) is 0 Å². The van der Waals surface area contributed by atoms with Crippen LogP contribution in [0.2, 0.25) is 0 Å². The van der Waals surface area contributed by atoms with E-state index in [1.807, 2.05) is 0 Å². The molecule has 18 heavy (non-hydrogen) atoms. The Morgan fingerprint density at radius 1 is 0.833 bits per heavy atom. The molecule has 0 atom stereocenters. The predicted octanol–water partition coefficient (Wildman–Crippen LogP) is 2.34. The molecule has 0 spiro atoms. The van der Waals surface area contributed by atoms with Gasteiger partial charge < -0.3 is 10.6 Å². The third-order valence-electron chi connectivity index (χ3n) is 3.45. The Kier molecular flexibility index (Phi) is 3.40. The summed E-state index contributed by atoms with van der Waals surface area (Å²) in [5, 5.41) is 7.03. The summed E-state index contributed by atoms with van der Waals surface area (Å²) in [7, 11) is 0. The highest BCUT2D eigenvalue weighted by atomic mass is 15.1. The smallest absolute Gasteiger partial charge is 0.0579 e. The standard InChI is InChI=1S/C16H18N2/c1-3-7-13(8-4-1)16(18-15-11-17-12-15)14-9-5-2-6-10-14/h1-10,15-18H,11-12H2. The van der Waals surface area contributed by atoms with Crippen molar-refractivity contribution in [2.45, 2.75) is 12.1 Å². The monoisotopic (exact) mass is 238 g/mol. The molecular formula is C16H18N2. The van der Waals surface area contributed by atoms with Crippen molar-refractivity contribution in [2.24, 2.45) is 0 Å². The van der Waals surface area contributed by atoms with Crippen molar-refractivity contribution in [3.8, 4) is 0 Å². The maximum absolute atomic E-state index is 3.72. The van der Waals surface area contributed by atoms with Gasteiger partial charge in [0.05, 0.1) is 6.04 Å². The van der Waals surface area contributed by atoms with E-state index >= 15 is 0 Å². The molecule has 2 aromatic rings. The summed E-state index contributed by atoms with van der Waals surface area (Å²) in [5.41, 5.74) is 2.66. The lowest BCUT2D eigenvalue weighted by Crippen LogP contribution is -2.56. The first-order valence-corrected chi connectivity index (χ1v) is 6.50. The van der Waals surface area contributed by atoms with Crippen LogP contribution in [0.15, 0.2) is 60.7 Å². The van der Waals surface area contributed by atoms with Crippen LogP contribution in [0.25, 0.3) is 0 Å². The zero-order chi connectivity index (χ0) is 12.2. The lowest BCUT2D eigenvalue weighted by Gasteiger charge is -2.33. The molecule has 2 nitrogen and oxygen atoms in total. The lowest BCUT2D eigenvalue weighted by molar-refractivity contribution is 0.346. The number of hydrogen-bond acceptors (Lipinski definition) is 2. The fourth-order valence-electron chi connectivity index (χ4n) is 2.32. The maximum Gasteiger partial charge on any atom is 0.0579 e. The Labute approximate surface area is 108 Å². The first-order valence-electron chi connectivity index (χ1n) is 6.50. The Balaban J connectivity index is 1.88. The predicted molar refractivity (Wildman–Crippen MR) is 74.5 cm³/mol. The second-order valence-corrected chi connectivity index (χ2v) is 4.78. The minimum Gasteiger partial charge on any atom is -0.314 e. The Morgan fingerprint density at radius 3 is 1.72 bits per heavy atom. The van der Waals surface area contributed by atoms with Gasteiger partial charge in [0.2, 0.25) is 0 Å². The van der Waals surface area contributed by atoms with Gasteiger partial charge in [0.15, 0.2) is 0 Å². The minimum atomic E-state index is 0.291. The molecular weight excluding hydrogens is 220 g/mol. The highest BCUT2D eigenvalue weighted by Crippen LogP contribution is 2.22. The molecule has 0 aromatic heterocycles. The van der Waals surface area contributed by atoms with Gasteiger partial charge in [-0.25, -0.2) is 0 Å². The van der Waals surface area contributed by atoms with E-state index in [0.29, 0.717) is 12.1 Å². The van der Waals surface area contributed by atoms with Crippen LogP contribution in [0.3, 0.4) is 0 Å². The first-order chi connectivity index (χ1) is 8.93. The summed E-state index contributed by atoms with van der Waals surface area (Å²) in [4.78, 5) is 0. The maximum atomic E-state index is 3.72. The molecule has 1 aliphatic heterocycles. The van der Waals surface area contributed by atoms with Gasteiger partial charge in [-0.2, -0.15) is 0 Å². The molecule has 0 amide bonds. The first kappa shape index (κ1) is 11.5. The van der Waals surface area contributed by atoms with Crippen LogP contribution in [0.4, 0.5) is 0 Å². The van der Waals surface area contributed by atoms with E-state index in [1.165, 1.54) is 11.1 Å². The van der Waals surface area contributed by atoms with Crippen molar-refractivity contribution < 1.29 is 0 Å². The summed E-state index contributed by atoms with van der Waals surface area (Å²) in [6, 6.07) is 22.2. The van der Waals surface area contributed by atoms with E-state index in [4.69, 9.17) is 0 Å². The molecule has 2 N–H and O–H groups in total. The molecule has 92 valence electrons. The Hall–Kier alpha value is -1.64. The van der Waals surface area contributed by atoms with Crippen molar-refractivity contribution in [3.63, 3.8) is 0 Å². The molecule has 2 aromatic carbocycles. The molecule has 2 heteroatoms. The van der Waals surface area contributed by atoms with E-state index < -0.39 is 0 Å². The van der Waals surface area contributed by atoms with Crippen LogP contribution in [-0.4, -0.2) is 19.1 Å². The average Bonchev–Trinajstić information content (AvgIpc) is 2.40. The van der Waals surface area contributed by atoms with Crippen LogP contribution >= 0.6 is 0 Å². The van der Waals surface area contributed by atoms with Crippen LogP contribution < -0.4 is 10.6 Å². The van der Waals surface area contributed by atoms with Gasteiger partial charge in [-0.3, -0.25) is 0 Å². The highest BCUT2D eigenvalue weighted by molar-refractivity contribution is 5.31. The van der Waals surface area contributed by atoms with Crippen molar-refractivity contribution in [3.05, 3.63) is 71.8 Å². The molecule has 1 heterocycles. The number of rotatable bonds is 4. The molecule has 0 radical (unpaired) electrons. The second-order valence-electron chi connectivity index (χ2n) is 4.78. The minimum absolute atomic E-state index is 0.291. The summed E-state index contributed by atoms with van der Waals surface area (Å²) in [6.45, 7) is 2.13. The van der Waals surface area contributed by atoms with E-state index in [2.05, 4.69) is 71.3 Å². The van der Waals surface area contributed by atoms with Gasteiger partial charge >= 0.3 is 0 Å². The summed E-state index contributed by atoms with van der Waals surface area (Å²) in [6.07, 6.45) is 0. The molecule has 3 rings (SSSR count). The van der Waals surface area contributed by atoms with Crippen molar-refractivity contribution >= 4 is 0 Å². The molecule has 0 unspecified atom stereocenters. The van der Waals surface area contributed by atoms with E-state index in [9.17, 15) is 0 Å². The fourth-order valence-corrected chi connectivity index (χ4v) is 2.32. The third kappa shape index (κ3) is 2.45. The molecule has 1 saturated heterocycles. The van der Waals surface area contributed by atoms with E-state index in [0.717, 1.165) is 13.1 Å². The number of nitrogens with one attached hydrogen (secondary N) is 2. The lowest BCUT2D eigenvalue weighted by atomic mass is 9.97. The average molecular weight is 238 g/mol. The largest absolute Gasteiger partial charge is 0.314 e. The topological polar surface area (TPSA) is 24.1 Å². The van der Waals surface area contributed by atoms with Gasteiger partial charge in [0.25, 0.3) is 0 Å². The summed E-state index contributed by atoms with van der Waals surface area (Å²) >= 11 is 0. The zero-order valence-electron chi connectivity index (χ0n) is 10.3. The van der Waals surface area contributed by atoms with Gasteiger partial charge in [0, 0.05) is 19.1 Å².